The summed E-state index contributed by atoms with van der Waals surface area (Å²) in [6.07, 6.45) is 1.60. The molecule has 24 nitrogen and oxygen atoms in total. The minimum atomic E-state index is -1.72. The molecule has 0 radical (unpaired) electrons. The van der Waals surface area contributed by atoms with Gasteiger partial charge < -0.3 is 79.2 Å². The summed E-state index contributed by atoms with van der Waals surface area (Å²) in [5, 5.41) is 54.9. The standard InChI is InChI=1S/C16H23BO4.C9H8Br2O2.C9H8BrNO2.C8H7Br2NO2.2C8H6Br2O2.C8H6BrNO2.C6H4Br2O.C2H8N2.Al.BBr3.3ClH.H3NO/c1-6-19-14(18)11-12-7-9-13(10-8-12)17-20-15(2,3)16(4,5)21-17;1-5(12)9-7(11)3-6(10)4-8(9)13-2;1-5-9-7(12-2)3-6(10)4-8(9)13-11-5;1-13-8-3-5(9)2-7(10)6(8)4-11-12;1-5(11)12-8-3-6(9)2-7(10)4-8;1-4(11)8-6(10)2-5(9)3-7(8)12;1-4-8-6(11)2-5(9)3-7(8)12-10-4;7-4-1-5(8)3-6(9)2-4;3-1-2-4;;2-1(3)4;;;;1-2/h7-10H,6,11H2,1-5H3;2*3-4H,1-2H3;2-4,12H,1H3;2-4H,1H3;2-3,12H,1H3;2-3,11H,1H3;1-3,9H;1-4H2;;;3*1H;2H,1H2/q;;;;;;;;;+3;;;;;/p-3/b;;;11-4-;;;;;;;;;;;. The molecule has 0 spiro atoms. The number of nitrogens with two attached hydrogens (primary N) is 3. The van der Waals surface area contributed by atoms with Crippen LogP contribution in [0.5, 0.6) is 40.2 Å². The number of fused-ring (bicyclic) bond motifs is 2. The zero-order valence-corrected chi connectivity index (χ0v) is 92.3. The number of nitrogens with zero attached hydrogens (tertiary/aromatic N) is 3. The van der Waals surface area contributed by atoms with Gasteiger partial charge in [-0.3, -0.25) is 19.2 Å². The third-order valence-electron chi connectivity index (χ3n) is 14.3. The number of rotatable bonds is 12. The van der Waals surface area contributed by atoms with Gasteiger partial charge in [-0.05, 0) is 218 Å². The molecule has 45 heteroatoms. The lowest BCUT2D eigenvalue weighted by atomic mass is 9.79. The van der Waals surface area contributed by atoms with Crippen molar-refractivity contribution in [1.29, 1.82) is 0 Å². The summed E-state index contributed by atoms with van der Waals surface area (Å²) in [6, 6.07) is 35.7. The highest BCUT2D eigenvalue weighted by Crippen LogP contribution is 2.39. The van der Waals surface area contributed by atoms with Crippen LogP contribution in [0.2, 0.25) is 0 Å². The molecule has 1 fully saturated rings. The highest BCUT2D eigenvalue weighted by Gasteiger charge is 2.51. The van der Waals surface area contributed by atoms with Crippen molar-refractivity contribution in [3.63, 3.8) is 0 Å². The number of hydrogen-bond donors (Lipinski definition) is 8. The van der Waals surface area contributed by atoms with E-state index in [9.17, 15) is 29.4 Å². The smallest absolute Gasteiger partial charge is 0.508 e. The van der Waals surface area contributed by atoms with Crippen LogP contribution >= 0.6 is 269 Å². The van der Waals surface area contributed by atoms with Gasteiger partial charge in [-0.25, -0.2) is 36.0 Å². The zero-order chi connectivity index (χ0) is 91.5. The van der Waals surface area contributed by atoms with Crippen LogP contribution < -0.4 is 41.8 Å². The number of benzene rings is 8. The van der Waals surface area contributed by atoms with E-state index in [1.807, 2.05) is 95.3 Å². The van der Waals surface area contributed by atoms with Gasteiger partial charge in [-0.1, -0.05) is 183 Å². The lowest BCUT2D eigenvalue weighted by Crippen LogP contribution is -2.41. The molecule has 11 N–H and O–H groups in total. The minimum Gasteiger partial charge on any atom is -0.508 e. The molecule has 648 valence electrons. The van der Waals surface area contributed by atoms with Crippen molar-refractivity contribution in [2.45, 2.75) is 86.9 Å². The minimum absolute atomic E-state index is 0.0104. The predicted octanol–water partition coefficient (Wildman–Crippen LogP) is 25.3. The fourth-order valence-electron chi connectivity index (χ4n) is 8.80. The lowest BCUT2D eigenvalue weighted by Gasteiger charge is -2.32. The van der Waals surface area contributed by atoms with Crippen LogP contribution in [0.1, 0.15) is 98.6 Å². The van der Waals surface area contributed by atoms with E-state index in [1.54, 1.807) is 89.8 Å². The number of aromatic hydroxyl groups is 3. The van der Waals surface area contributed by atoms with Crippen LogP contribution in [0.3, 0.4) is 0 Å². The topological polar surface area (TPSA) is 377 Å². The molecule has 119 heavy (non-hydrogen) atoms. The van der Waals surface area contributed by atoms with Gasteiger partial charge in [0.05, 0.1) is 90.6 Å². The fourth-order valence-corrected chi connectivity index (χ4v) is 16.4. The highest BCUT2D eigenvalue weighted by molar-refractivity contribution is 9.69. The predicted molar refractivity (Wildman–Crippen MR) is 530 cm³/mol. The first-order valence-electron chi connectivity index (χ1n) is 33.2. The Labute approximate surface area is 833 Å². The molecule has 2 aromatic heterocycles. The molecule has 1 saturated heterocycles. The van der Waals surface area contributed by atoms with Crippen molar-refractivity contribution in [3.05, 3.63) is 209 Å². The van der Waals surface area contributed by atoms with Crippen molar-refractivity contribution < 1.29 is 87.0 Å². The number of esters is 2. The molecule has 1 aliphatic heterocycles. The molecule has 8 aromatic carbocycles. The van der Waals surface area contributed by atoms with Gasteiger partial charge in [0.25, 0.3) is 0 Å². The Kier molecular flexibility index (Phi) is 60.1. The Morgan fingerprint density at radius 1 is 0.546 bits per heavy atom. The number of aryl methyl sites for hydroxylation is 2. The molecular weight excluding hydrogens is 2610 g/mol. The first-order valence-corrected chi connectivity index (χ1v) is 50.7. The van der Waals surface area contributed by atoms with Gasteiger partial charge in [0, 0.05) is 73.7 Å². The normalized spacial score (nSPS) is 11.4. The van der Waals surface area contributed by atoms with Gasteiger partial charge in [0.1, 0.15) is 40.2 Å². The number of aromatic nitrogens is 2. The van der Waals surface area contributed by atoms with Crippen molar-refractivity contribution in [2.24, 2.45) is 22.5 Å². The molecule has 11 rings (SSSR count). The number of oxime groups is 1. The Morgan fingerprint density at radius 3 is 1.32 bits per heavy atom. The molecule has 3 heterocycles. The average molecular weight is 2690 g/mol. The summed E-state index contributed by atoms with van der Waals surface area (Å²) in [6.45, 7) is 19.5. The maximum absolute atomic E-state index is 11.5. The van der Waals surface area contributed by atoms with Crippen LogP contribution in [0.15, 0.2) is 189 Å². The second-order valence-electron chi connectivity index (χ2n) is 23.6. The fraction of sp³-hybridized carbons (Fsp3) is 0.257. The molecular formula is C74H79AlB2Br15Cl3N6O18. The van der Waals surface area contributed by atoms with Crippen LogP contribution in [0, 0.1) is 13.8 Å². The number of halogens is 18. The van der Waals surface area contributed by atoms with Crippen molar-refractivity contribution in [1.82, 2.24) is 10.3 Å². The largest absolute Gasteiger partial charge is 0.643 e. The van der Waals surface area contributed by atoms with Crippen LogP contribution in [0.25, 0.3) is 21.9 Å². The lowest BCUT2D eigenvalue weighted by molar-refractivity contribution is -0.142. The SMILES string of the molecule is BrB(Br)Br.CC(=O)Oc1cc(Br)cc(Br)c1.CC(=O)c1c(O)cc(Br)cc1Br.CCOC(=O)Cc1ccc(B2OC(C)(C)C(C)(C)O2)cc1.COc1cc(Br)cc(Br)c1/C=N\O.COc1cc(Br)cc(Br)c1C(C)=O.COc1cc(Br)cc2onc(C)c12.Cc1noc2cc(Br)cc(O)c12.NCCN.NO.Oc1cc(Br)cc(Br)c1.[Cl][Al]([Cl])[Cl]. The maximum Gasteiger partial charge on any atom is 0.643 e. The van der Waals surface area contributed by atoms with Crippen LogP contribution in [0.4, 0.5) is 0 Å². The molecule has 0 aliphatic carbocycles. The summed E-state index contributed by atoms with van der Waals surface area (Å²) in [5.74, 6) is 5.77. The van der Waals surface area contributed by atoms with Gasteiger partial charge in [0.2, 0.25) is 0 Å². The van der Waals surface area contributed by atoms with Gasteiger partial charge >= 0.3 is 33.6 Å². The molecule has 1 aliphatic rings. The monoisotopic (exact) mass is 2680 g/mol. The van der Waals surface area contributed by atoms with E-state index in [0.29, 0.717) is 74.8 Å². The second-order valence-corrected chi connectivity index (χ2v) is 47.3. The average Bonchev–Trinajstić information content (AvgIpc) is 1.64. The highest BCUT2D eigenvalue weighted by atomic mass is 80.0. The Bertz CT molecular complexity index is 4780. The zero-order valence-electron chi connectivity index (χ0n) is 65.1. The number of methoxy groups -OCH3 is 3. The third-order valence-corrected chi connectivity index (χ3v) is 20.3. The summed E-state index contributed by atoms with van der Waals surface area (Å²) in [4.78, 5) is 44.3. The summed E-state index contributed by atoms with van der Waals surface area (Å²) >= 11 is 46.9. The van der Waals surface area contributed by atoms with E-state index >= 15 is 0 Å². The Balaban J connectivity index is 0.00000132. The van der Waals surface area contributed by atoms with Crippen LogP contribution in [-0.4, -0.2) is 140 Å². The van der Waals surface area contributed by atoms with E-state index in [0.717, 1.165) is 82.6 Å². The molecule has 0 unspecified atom stereocenters. The number of carbonyl (C=O) groups is 4. The van der Waals surface area contributed by atoms with Gasteiger partial charge in [-0.15, -0.1) is 47.3 Å². The van der Waals surface area contributed by atoms with E-state index < -0.39 is 11.4 Å². The number of ether oxygens (including phenoxy) is 5. The first kappa shape index (κ1) is 117. The second kappa shape index (κ2) is 61.2. The van der Waals surface area contributed by atoms with Crippen molar-refractivity contribution >= 4 is 347 Å². The number of carbonyl (C=O) groups excluding carboxylic acids is 4. The van der Waals surface area contributed by atoms with E-state index in [-0.39, 0.29) is 68.7 Å². The molecule has 0 bridgehead atoms. The number of Topliss-reactive ketones (excluding diaryl/α,β-unsaturated/α-hetero) is 2. The molecule has 0 atom stereocenters. The number of ketones is 2. The van der Waals surface area contributed by atoms with Crippen molar-refractivity contribution in [3.8, 4) is 40.2 Å². The first-order chi connectivity index (χ1) is 55.5. The maximum atomic E-state index is 11.5. The summed E-state index contributed by atoms with van der Waals surface area (Å²) in [7, 11) is 19.2. The Morgan fingerprint density at radius 2 is 0.916 bits per heavy atom. The third kappa shape index (κ3) is 45.3. The number of hydrogen-bond acceptors (Lipinski definition) is 24. The van der Waals surface area contributed by atoms with E-state index in [4.69, 9.17) is 99.2 Å². The molecule has 0 saturated carbocycles. The summed E-state index contributed by atoms with van der Waals surface area (Å²) < 4.78 is 57.4. The summed E-state index contributed by atoms with van der Waals surface area (Å²) in [5.41, 5.74) is 15.5. The quantitative estimate of drug-likeness (QED) is 0.0107. The van der Waals surface area contributed by atoms with E-state index in [1.165, 1.54) is 33.1 Å². The number of phenolic OH excluding ortho intramolecular Hbond substituents is 3. The van der Waals surface area contributed by atoms with Crippen molar-refractivity contribution in [2.75, 3.05) is 41.0 Å². The molecule has 10 aromatic rings. The molecule has 0 amide bonds. The van der Waals surface area contributed by atoms with E-state index in [2.05, 4.69) is 260 Å². The van der Waals surface area contributed by atoms with Gasteiger partial charge in [0.15, 0.2) is 22.7 Å². The van der Waals surface area contributed by atoms with Gasteiger partial charge in [-0.2, -0.15) is 0 Å². The number of phenols is 3. The Hall–Kier alpha value is -2.26. The van der Waals surface area contributed by atoms with Crippen LogP contribution in [-0.2, 0) is 30.1 Å².